The number of carbonyl (C=O) groups excluding carboxylic acids is 2. The number of carbonyl (C=O) groups is 2. The predicted molar refractivity (Wildman–Crippen MR) is 108 cm³/mol. The van der Waals surface area contributed by atoms with Gasteiger partial charge in [0.25, 0.3) is 0 Å². The Morgan fingerprint density at radius 3 is 2.64 bits per heavy atom. The molecule has 1 aliphatic rings. The second-order valence-electron chi connectivity index (χ2n) is 6.88. The summed E-state index contributed by atoms with van der Waals surface area (Å²) in [4.78, 5) is 31.1. The average Bonchev–Trinajstić information content (AvgIpc) is 2.77. The Kier molecular flexibility index (Phi) is 7.11. The van der Waals surface area contributed by atoms with Gasteiger partial charge in [-0.2, -0.15) is 0 Å². The van der Waals surface area contributed by atoms with E-state index in [9.17, 15) is 9.59 Å². The minimum atomic E-state index is -0.301. The molecule has 3 rings (SSSR count). The summed E-state index contributed by atoms with van der Waals surface area (Å²) in [6.07, 6.45) is 2.36. The Bertz CT molecular complexity index is 763. The maximum Gasteiger partial charge on any atom is 0.242 e. The highest BCUT2D eigenvalue weighted by Gasteiger charge is 2.25. The smallest absolute Gasteiger partial charge is 0.242 e. The molecule has 1 aromatic heterocycles. The second-order valence-corrected chi connectivity index (χ2v) is 6.88. The number of amides is 2. The zero-order chi connectivity index (χ0) is 19.8. The summed E-state index contributed by atoms with van der Waals surface area (Å²) < 4.78 is 0. The van der Waals surface area contributed by atoms with Gasteiger partial charge < -0.3 is 20.9 Å². The molecule has 1 unspecified atom stereocenters. The van der Waals surface area contributed by atoms with Crippen molar-refractivity contribution in [3.8, 4) is 0 Å². The van der Waals surface area contributed by atoms with Crippen molar-refractivity contribution in [3.05, 3.63) is 66.0 Å². The van der Waals surface area contributed by atoms with Crippen molar-refractivity contribution in [1.29, 1.82) is 0 Å². The number of benzene rings is 1. The van der Waals surface area contributed by atoms with Crippen LogP contribution in [0.5, 0.6) is 0 Å². The van der Waals surface area contributed by atoms with Crippen molar-refractivity contribution in [3.63, 3.8) is 0 Å². The number of pyridine rings is 1. The van der Waals surface area contributed by atoms with Gasteiger partial charge in [-0.15, -0.1) is 0 Å². The normalized spacial score (nSPS) is 17.5. The monoisotopic (exact) mass is 381 g/mol. The van der Waals surface area contributed by atoms with Gasteiger partial charge in [-0.1, -0.05) is 36.4 Å². The van der Waals surface area contributed by atoms with Crippen LogP contribution in [0.2, 0.25) is 0 Å². The fourth-order valence-corrected chi connectivity index (χ4v) is 3.29. The lowest BCUT2D eigenvalue weighted by Crippen LogP contribution is -2.56. The van der Waals surface area contributed by atoms with Gasteiger partial charge in [-0.05, 0) is 17.7 Å². The van der Waals surface area contributed by atoms with Crippen LogP contribution in [0.1, 0.15) is 17.3 Å². The van der Waals surface area contributed by atoms with Gasteiger partial charge in [0.1, 0.15) is 0 Å². The van der Waals surface area contributed by atoms with Gasteiger partial charge in [0.2, 0.25) is 11.8 Å². The summed E-state index contributed by atoms with van der Waals surface area (Å²) in [7, 11) is 1.77. The summed E-state index contributed by atoms with van der Waals surface area (Å²) in [6.45, 7) is 2.13. The molecule has 0 saturated carbocycles. The van der Waals surface area contributed by atoms with Crippen molar-refractivity contribution >= 4 is 11.8 Å². The van der Waals surface area contributed by atoms with Gasteiger partial charge in [0.05, 0.1) is 18.6 Å². The molecule has 2 amide bonds. The van der Waals surface area contributed by atoms with E-state index < -0.39 is 0 Å². The van der Waals surface area contributed by atoms with E-state index in [4.69, 9.17) is 0 Å². The number of nitrogens with zero attached hydrogens (tertiary/aromatic N) is 2. The number of aromatic nitrogens is 1. The molecule has 7 nitrogen and oxygen atoms in total. The van der Waals surface area contributed by atoms with Crippen molar-refractivity contribution in [2.75, 3.05) is 33.2 Å². The van der Waals surface area contributed by atoms with E-state index in [0.717, 1.165) is 24.3 Å². The lowest BCUT2D eigenvalue weighted by atomic mass is 10.00. The third-order valence-electron chi connectivity index (χ3n) is 4.95. The number of piperazine rings is 1. The number of hydrogen-bond donors (Lipinski definition) is 3. The number of rotatable bonds is 7. The third-order valence-corrected chi connectivity index (χ3v) is 4.95. The lowest BCUT2D eigenvalue weighted by molar-refractivity contribution is -0.134. The van der Waals surface area contributed by atoms with Gasteiger partial charge in [-0.3, -0.25) is 14.6 Å². The molecule has 3 N–H and O–H groups in total. The minimum Gasteiger partial charge on any atom is -0.346 e. The van der Waals surface area contributed by atoms with E-state index in [0.29, 0.717) is 13.0 Å². The first-order valence-corrected chi connectivity index (χ1v) is 9.57. The van der Waals surface area contributed by atoms with Crippen molar-refractivity contribution in [2.24, 2.45) is 0 Å². The highest BCUT2D eigenvalue weighted by Crippen LogP contribution is 2.23. The van der Waals surface area contributed by atoms with E-state index in [2.05, 4.69) is 20.9 Å². The second kappa shape index (κ2) is 9.96. The summed E-state index contributed by atoms with van der Waals surface area (Å²) in [5, 5.41) is 9.07. The largest absolute Gasteiger partial charge is 0.346 e. The molecule has 1 aliphatic heterocycles. The van der Waals surface area contributed by atoms with Crippen LogP contribution in [0.15, 0.2) is 54.7 Å². The Hall–Kier alpha value is -2.77. The van der Waals surface area contributed by atoms with Crippen LogP contribution < -0.4 is 16.0 Å². The maximum atomic E-state index is 12.8. The summed E-state index contributed by atoms with van der Waals surface area (Å²) in [5.74, 6) is -0.295. The molecule has 2 heterocycles. The molecule has 2 atom stereocenters. The molecule has 1 saturated heterocycles. The van der Waals surface area contributed by atoms with Crippen LogP contribution in [0.25, 0.3) is 0 Å². The summed E-state index contributed by atoms with van der Waals surface area (Å²) >= 11 is 0. The highest BCUT2D eigenvalue weighted by molar-refractivity contribution is 5.87. The Morgan fingerprint density at radius 2 is 1.96 bits per heavy atom. The maximum absolute atomic E-state index is 12.8. The van der Waals surface area contributed by atoms with Crippen LogP contribution in [0, 0.1) is 0 Å². The zero-order valence-electron chi connectivity index (χ0n) is 16.1. The lowest BCUT2D eigenvalue weighted by Gasteiger charge is -2.29. The molecular weight excluding hydrogens is 354 g/mol. The highest BCUT2D eigenvalue weighted by atomic mass is 16.2. The van der Waals surface area contributed by atoms with Crippen LogP contribution in [0.4, 0.5) is 0 Å². The molecule has 7 heteroatoms. The molecule has 1 aromatic carbocycles. The standard InChI is InChI=1S/C21H27N5O2/c1-26(20(27)15-25-21(28)18-14-22-11-12-24-18)19(16-7-3-2-4-8-16)13-17-9-5-6-10-23-17/h2-10,18-19,22,24H,11-15H2,1H3,(H,25,28)/t18?,19-/m1/s1. The zero-order valence-corrected chi connectivity index (χ0v) is 16.1. The van der Waals surface area contributed by atoms with E-state index in [1.54, 1.807) is 18.1 Å². The van der Waals surface area contributed by atoms with E-state index in [-0.39, 0.29) is 30.4 Å². The molecule has 2 aromatic rings. The predicted octanol–water partition coefficient (Wildman–Crippen LogP) is 0.501. The molecule has 28 heavy (non-hydrogen) atoms. The van der Waals surface area contributed by atoms with Crippen molar-refractivity contribution in [1.82, 2.24) is 25.8 Å². The Morgan fingerprint density at radius 1 is 1.18 bits per heavy atom. The third kappa shape index (κ3) is 5.37. The molecule has 148 valence electrons. The minimum absolute atomic E-state index is 0.0287. The molecule has 0 bridgehead atoms. The Labute approximate surface area is 165 Å². The first-order chi connectivity index (χ1) is 13.6. The van der Waals surface area contributed by atoms with Gasteiger partial charge in [-0.25, -0.2) is 0 Å². The Balaban J connectivity index is 1.65. The first-order valence-electron chi connectivity index (χ1n) is 9.57. The van der Waals surface area contributed by atoms with Crippen LogP contribution in [0.3, 0.4) is 0 Å². The van der Waals surface area contributed by atoms with Gasteiger partial charge >= 0.3 is 0 Å². The number of nitrogens with one attached hydrogen (secondary N) is 3. The fourth-order valence-electron chi connectivity index (χ4n) is 3.29. The van der Waals surface area contributed by atoms with Crippen molar-refractivity contribution < 1.29 is 9.59 Å². The SMILES string of the molecule is CN(C(=O)CNC(=O)C1CNCCN1)[C@H](Cc1ccccn1)c1ccccc1. The molecular formula is C21H27N5O2. The molecule has 0 aliphatic carbocycles. The number of hydrogen-bond acceptors (Lipinski definition) is 5. The topological polar surface area (TPSA) is 86.4 Å². The van der Waals surface area contributed by atoms with Gasteiger partial charge in [0, 0.05) is 45.0 Å². The van der Waals surface area contributed by atoms with E-state index >= 15 is 0 Å². The van der Waals surface area contributed by atoms with Crippen LogP contribution in [-0.2, 0) is 16.0 Å². The quantitative estimate of drug-likeness (QED) is 0.650. The van der Waals surface area contributed by atoms with Crippen LogP contribution >= 0.6 is 0 Å². The number of likely N-dealkylation sites (N-methyl/N-ethyl adjacent to an activating group) is 1. The van der Waals surface area contributed by atoms with E-state index in [1.165, 1.54) is 0 Å². The van der Waals surface area contributed by atoms with Gasteiger partial charge in [0.15, 0.2) is 0 Å². The average molecular weight is 381 g/mol. The molecule has 1 fully saturated rings. The van der Waals surface area contributed by atoms with Crippen LogP contribution in [-0.4, -0.2) is 61.0 Å². The molecule has 0 spiro atoms. The first kappa shape index (κ1) is 20.0. The fraction of sp³-hybridized carbons (Fsp3) is 0.381. The summed E-state index contributed by atoms with van der Waals surface area (Å²) in [5.41, 5.74) is 1.95. The van der Waals surface area contributed by atoms with Crippen molar-refractivity contribution in [2.45, 2.75) is 18.5 Å². The summed E-state index contributed by atoms with van der Waals surface area (Å²) in [6, 6.07) is 15.2. The van der Waals surface area contributed by atoms with E-state index in [1.807, 2.05) is 48.5 Å². The molecule has 0 radical (unpaired) electrons.